The summed E-state index contributed by atoms with van der Waals surface area (Å²) in [7, 11) is 0. The zero-order valence-corrected chi connectivity index (χ0v) is 28.5. The molecule has 0 aliphatic carbocycles. The predicted molar refractivity (Wildman–Crippen MR) is 214 cm³/mol. The zero-order chi connectivity index (χ0) is 35.1. The molecule has 0 saturated heterocycles. The Labute approximate surface area is 305 Å². The standard InChI is InChI=1S/C47H30N6/c1-3-15-32(16-4-1)44-50-45(33-17-5-2-6-18-33)52-46(51-44)34-28-26-31(27-29-34)42-35-19-7-9-21-37(35)43(38-22-10-8-20-36(38)42)53-41-25-12-11-23-39(41)49-47(53)40-24-13-14-30-48-40/h1-30H. The Morgan fingerprint density at radius 3 is 1.40 bits per heavy atom. The molecule has 0 atom stereocenters. The highest BCUT2D eigenvalue weighted by molar-refractivity contribution is 6.19. The molecule has 10 aromatic rings. The Bertz CT molecular complexity index is 2810. The van der Waals surface area contributed by atoms with Gasteiger partial charge in [-0.3, -0.25) is 9.55 Å². The van der Waals surface area contributed by atoms with Gasteiger partial charge in [-0.1, -0.05) is 152 Å². The molecule has 0 fully saturated rings. The van der Waals surface area contributed by atoms with E-state index in [1.165, 1.54) is 5.56 Å². The van der Waals surface area contributed by atoms with E-state index < -0.39 is 0 Å². The lowest BCUT2D eigenvalue weighted by Crippen LogP contribution is -2.02. The first-order valence-electron chi connectivity index (χ1n) is 17.6. The van der Waals surface area contributed by atoms with Gasteiger partial charge in [0.25, 0.3) is 0 Å². The summed E-state index contributed by atoms with van der Waals surface area (Å²) in [6.07, 6.45) is 1.82. The highest BCUT2D eigenvalue weighted by Crippen LogP contribution is 2.43. The van der Waals surface area contributed by atoms with Gasteiger partial charge in [0.15, 0.2) is 23.3 Å². The zero-order valence-electron chi connectivity index (χ0n) is 28.5. The second-order valence-corrected chi connectivity index (χ2v) is 12.9. The molecule has 0 saturated carbocycles. The number of imidazole rings is 1. The van der Waals surface area contributed by atoms with E-state index in [-0.39, 0.29) is 0 Å². The molecule has 0 amide bonds. The molecule has 6 heteroatoms. The van der Waals surface area contributed by atoms with Gasteiger partial charge >= 0.3 is 0 Å². The average molecular weight is 679 g/mol. The van der Waals surface area contributed by atoms with E-state index in [2.05, 4.69) is 95.6 Å². The number of nitrogens with zero attached hydrogens (tertiary/aromatic N) is 6. The molecule has 248 valence electrons. The van der Waals surface area contributed by atoms with Crippen molar-refractivity contribution in [3.8, 4) is 62.5 Å². The van der Waals surface area contributed by atoms with Crippen LogP contribution in [0.5, 0.6) is 0 Å². The molecule has 0 bridgehead atoms. The number of aromatic nitrogens is 6. The predicted octanol–water partition coefficient (Wildman–Crippen LogP) is 11.2. The minimum Gasteiger partial charge on any atom is -0.290 e. The average Bonchev–Trinajstić information content (AvgIpc) is 3.63. The molecule has 0 radical (unpaired) electrons. The lowest BCUT2D eigenvalue weighted by molar-refractivity contribution is 1.07. The highest BCUT2D eigenvalue weighted by Gasteiger charge is 2.22. The van der Waals surface area contributed by atoms with Crippen LogP contribution >= 0.6 is 0 Å². The first-order chi connectivity index (χ1) is 26.3. The second kappa shape index (κ2) is 12.8. The molecular weight excluding hydrogens is 649 g/mol. The molecule has 10 rings (SSSR count). The summed E-state index contributed by atoms with van der Waals surface area (Å²) in [6, 6.07) is 60.4. The van der Waals surface area contributed by atoms with Crippen LogP contribution in [-0.2, 0) is 0 Å². The molecule has 3 aromatic heterocycles. The normalized spacial score (nSPS) is 11.4. The fourth-order valence-corrected chi connectivity index (χ4v) is 7.30. The molecule has 0 unspecified atom stereocenters. The third-order valence-corrected chi connectivity index (χ3v) is 9.71. The van der Waals surface area contributed by atoms with E-state index in [0.29, 0.717) is 17.5 Å². The number of benzene rings is 7. The number of hydrogen-bond donors (Lipinski definition) is 0. The summed E-state index contributed by atoms with van der Waals surface area (Å²) in [5, 5.41) is 4.55. The maximum Gasteiger partial charge on any atom is 0.164 e. The van der Waals surface area contributed by atoms with Gasteiger partial charge in [-0.05, 0) is 46.2 Å². The monoisotopic (exact) mass is 678 g/mol. The van der Waals surface area contributed by atoms with Gasteiger partial charge in [0, 0.05) is 33.7 Å². The van der Waals surface area contributed by atoms with Crippen molar-refractivity contribution in [3.05, 3.63) is 182 Å². The Morgan fingerprint density at radius 2 is 0.830 bits per heavy atom. The van der Waals surface area contributed by atoms with Crippen molar-refractivity contribution in [1.29, 1.82) is 0 Å². The van der Waals surface area contributed by atoms with Crippen LogP contribution in [0, 0.1) is 0 Å². The lowest BCUT2D eigenvalue weighted by atomic mass is 9.90. The van der Waals surface area contributed by atoms with Crippen molar-refractivity contribution in [2.75, 3.05) is 0 Å². The van der Waals surface area contributed by atoms with Crippen LogP contribution in [0.1, 0.15) is 0 Å². The highest BCUT2D eigenvalue weighted by atomic mass is 15.1. The van der Waals surface area contributed by atoms with Gasteiger partial charge in [-0.25, -0.2) is 19.9 Å². The minimum atomic E-state index is 0.628. The summed E-state index contributed by atoms with van der Waals surface area (Å²) in [6.45, 7) is 0. The first-order valence-corrected chi connectivity index (χ1v) is 17.6. The van der Waals surface area contributed by atoms with Crippen molar-refractivity contribution in [1.82, 2.24) is 29.5 Å². The fraction of sp³-hybridized carbons (Fsp3) is 0. The first kappa shape index (κ1) is 30.5. The van der Waals surface area contributed by atoms with Gasteiger partial charge in [-0.2, -0.15) is 0 Å². The number of fused-ring (bicyclic) bond motifs is 3. The van der Waals surface area contributed by atoms with Crippen LogP contribution in [0.3, 0.4) is 0 Å². The van der Waals surface area contributed by atoms with Crippen LogP contribution in [0.25, 0.3) is 95.1 Å². The third kappa shape index (κ3) is 5.32. The summed E-state index contributed by atoms with van der Waals surface area (Å²) in [5.74, 6) is 2.72. The van der Waals surface area contributed by atoms with Crippen molar-refractivity contribution in [2.24, 2.45) is 0 Å². The van der Waals surface area contributed by atoms with E-state index in [0.717, 1.165) is 72.0 Å². The number of pyridine rings is 1. The molecule has 3 heterocycles. The Hall–Kier alpha value is -7.31. The second-order valence-electron chi connectivity index (χ2n) is 12.9. The van der Waals surface area contributed by atoms with Crippen LogP contribution in [-0.4, -0.2) is 29.5 Å². The van der Waals surface area contributed by atoms with Crippen LogP contribution < -0.4 is 0 Å². The van der Waals surface area contributed by atoms with Crippen molar-refractivity contribution >= 4 is 32.6 Å². The van der Waals surface area contributed by atoms with Gasteiger partial charge < -0.3 is 0 Å². The van der Waals surface area contributed by atoms with Crippen LogP contribution in [0.2, 0.25) is 0 Å². The fourth-order valence-electron chi connectivity index (χ4n) is 7.30. The van der Waals surface area contributed by atoms with Gasteiger partial charge in [0.2, 0.25) is 0 Å². The van der Waals surface area contributed by atoms with Crippen molar-refractivity contribution in [3.63, 3.8) is 0 Å². The maximum absolute atomic E-state index is 5.13. The largest absolute Gasteiger partial charge is 0.290 e. The number of para-hydroxylation sites is 2. The van der Waals surface area contributed by atoms with Gasteiger partial charge in [-0.15, -0.1) is 0 Å². The van der Waals surface area contributed by atoms with Crippen LogP contribution in [0.15, 0.2) is 182 Å². The van der Waals surface area contributed by atoms with E-state index in [1.807, 2.05) is 91.1 Å². The molecule has 0 N–H and O–H groups in total. The van der Waals surface area contributed by atoms with E-state index in [9.17, 15) is 0 Å². The Balaban J connectivity index is 1.17. The van der Waals surface area contributed by atoms with Crippen molar-refractivity contribution < 1.29 is 0 Å². The lowest BCUT2D eigenvalue weighted by Gasteiger charge is -2.20. The molecule has 53 heavy (non-hydrogen) atoms. The number of rotatable bonds is 6. The van der Waals surface area contributed by atoms with E-state index >= 15 is 0 Å². The smallest absolute Gasteiger partial charge is 0.164 e. The molecule has 7 aromatic carbocycles. The minimum absolute atomic E-state index is 0.628. The van der Waals surface area contributed by atoms with E-state index in [4.69, 9.17) is 24.9 Å². The molecule has 0 aliphatic rings. The van der Waals surface area contributed by atoms with Gasteiger partial charge in [0.1, 0.15) is 5.69 Å². The summed E-state index contributed by atoms with van der Waals surface area (Å²) in [4.78, 5) is 24.7. The summed E-state index contributed by atoms with van der Waals surface area (Å²) >= 11 is 0. The van der Waals surface area contributed by atoms with Crippen molar-refractivity contribution in [2.45, 2.75) is 0 Å². The molecule has 6 nitrogen and oxygen atoms in total. The Kier molecular flexibility index (Phi) is 7.36. The molecular formula is C47H30N6. The SMILES string of the molecule is c1ccc(-c2nc(-c3ccccc3)nc(-c3ccc(-c4c5ccccc5c(-n5c(-c6ccccn6)nc6ccccc65)c5ccccc45)cc3)n2)cc1. The molecule has 0 aliphatic heterocycles. The maximum atomic E-state index is 5.13. The summed E-state index contributed by atoms with van der Waals surface area (Å²) in [5.41, 5.74) is 8.93. The summed E-state index contributed by atoms with van der Waals surface area (Å²) < 4.78 is 2.28. The third-order valence-electron chi connectivity index (χ3n) is 9.71. The molecule has 0 spiro atoms. The van der Waals surface area contributed by atoms with Gasteiger partial charge in [0.05, 0.1) is 16.7 Å². The number of hydrogen-bond acceptors (Lipinski definition) is 5. The topological polar surface area (TPSA) is 69.4 Å². The quantitative estimate of drug-likeness (QED) is 0.164. The van der Waals surface area contributed by atoms with Crippen LogP contribution in [0.4, 0.5) is 0 Å². The van der Waals surface area contributed by atoms with E-state index in [1.54, 1.807) is 0 Å². The Morgan fingerprint density at radius 1 is 0.358 bits per heavy atom.